The standard InChI is InChI=1S/C9H10N4S/c1-6-8(4-3-5-10-6)13-7(2)11-12-9(13)14/h3-5H,1-2H3,(H,12,14). The summed E-state index contributed by atoms with van der Waals surface area (Å²) in [6, 6.07) is 3.86. The zero-order chi connectivity index (χ0) is 10.1. The molecule has 0 aliphatic carbocycles. The minimum Gasteiger partial charge on any atom is -0.271 e. The number of H-pyrrole nitrogens is 1. The van der Waals surface area contributed by atoms with Crippen molar-refractivity contribution >= 4 is 12.2 Å². The third kappa shape index (κ3) is 1.35. The van der Waals surface area contributed by atoms with Crippen LogP contribution >= 0.6 is 12.2 Å². The molecule has 5 heteroatoms. The van der Waals surface area contributed by atoms with Gasteiger partial charge in [-0.15, -0.1) is 0 Å². The number of hydrogen-bond acceptors (Lipinski definition) is 3. The zero-order valence-electron chi connectivity index (χ0n) is 7.98. The van der Waals surface area contributed by atoms with Crippen LogP contribution in [0.25, 0.3) is 5.69 Å². The van der Waals surface area contributed by atoms with Crippen LogP contribution < -0.4 is 0 Å². The van der Waals surface area contributed by atoms with E-state index in [-0.39, 0.29) is 0 Å². The minimum atomic E-state index is 0.596. The van der Waals surface area contributed by atoms with Gasteiger partial charge in [-0.2, -0.15) is 5.10 Å². The van der Waals surface area contributed by atoms with Gasteiger partial charge in [-0.05, 0) is 38.2 Å². The molecule has 0 bridgehead atoms. The monoisotopic (exact) mass is 206 g/mol. The Labute approximate surface area is 86.6 Å². The Morgan fingerprint density at radius 2 is 2.21 bits per heavy atom. The Bertz CT molecular complexity index is 512. The molecule has 0 fully saturated rings. The van der Waals surface area contributed by atoms with Gasteiger partial charge in [0.15, 0.2) is 4.77 Å². The molecule has 72 valence electrons. The lowest BCUT2D eigenvalue weighted by atomic mass is 10.3. The molecule has 0 aliphatic heterocycles. The van der Waals surface area contributed by atoms with Gasteiger partial charge in [0.2, 0.25) is 0 Å². The van der Waals surface area contributed by atoms with Gasteiger partial charge in [-0.1, -0.05) is 0 Å². The fraction of sp³-hybridized carbons (Fsp3) is 0.222. The Kier molecular flexibility index (Phi) is 2.17. The van der Waals surface area contributed by atoms with Crippen LogP contribution in [0, 0.1) is 18.6 Å². The van der Waals surface area contributed by atoms with Crippen LogP contribution in [0.1, 0.15) is 11.5 Å². The maximum Gasteiger partial charge on any atom is 0.199 e. The van der Waals surface area contributed by atoms with Crippen LogP contribution in [0.2, 0.25) is 0 Å². The van der Waals surface area contributed by atoms with Gasteiger partial charge in [0.05, 0.1) is 11.4 Å². The number of hydrogen-bond donors (Lipinski definition) is 1. The van der Waals surface area contributed by atoms with Crippen LogP contribution in [0.5, 0.6) is 0 Å². The number of nitrogens with zero attached hydrogens (tertiary/aromatic N) is 3. The van der Waals surface area contributed by atoms with Crippen molar-refractivity contribution < 1.29 is 0 Å². The van der Waals surface area contributed by atoms with Crippen molar-refractivity contribution in [3.8, 4) is 5.69 Å². The van der Waals surface area contributed by atoms with E-state index < -0.39 is 0 Å². The molecule has 2 aromatic rings. The molecule has 0 saturated heterocycles. The summed E-state index contributed by atoms with van der Waals surface area (Å²) < 4.78 is 2.47. The summed E-state index contributed by atoms with van der Waals surface area (Å²) in [4.78, 5) is 4.21. The van der Waals surface area contributed by atoms with Crippen molar-refractivity contribution in [2.45, 2.75) is 13.8 Å². The molecule has 2 heterocycles. The third-order valence-electron chi connectivity index (χ3n) is 2.06. The summed E-state index contributed by atoms with van der Waals surface area (Å²) in [6.45, 7) is 3.85. The Morgan fingerprint density at radius 1 is 1.43 bits per heavy atom. The van der Waals surface area contributed by atoms with Crippen LogP contribution in [-0.4, -0.2) is 19.7 Å². The van der Waals surface area contributed by atoms with E-state index in [1.165, 1.54) is 0 Å². The predicted octanol–water partition coefficient (Wildman–Crippen LogP) is 1.94. The quantitative estimate of drug-likeness (QED) is 0.725. The number of pyridine rings is 1. The highest BCUT2D eigenvalue weighted by Crippen LogP contribution is 2.12. The van der Waals surface area contributed by atoms with Gasteiger partial charge in [-0.25, -0.2) is 0 Å². The van der Waals surface area contributed by atoms with Crippen LogP contribution in [0.3, 0.4) is 0 Å². The van der Waals surface area contributed by atoms with E-state index in [1.54, 1.807) is 6.20 Å². The second-order valence-corrected chi connectivity index (χ2v) is 3.41. The maximum absolute atomic E-state index is 5.13. The van der Waals surface area contributed by atoms with Gasteiger partial charge < -0.3 is 0 Å². The lowest BCUT2D eigenvalue weighted by Gasteiger charge is -2.05. The Balaban J connectivity index is 2.72. The summed E-state index contributed by atoms with van der Waals surface area (Å²) in [7, 11) is 0. The van der Waals surface area contributed by atoms with Crippen LogP contribution in [0.15, 0.2) is 18.3 Å². The van der Waals surface area contributed by atoms with Crippen LogP contribution in [-0.2, 0) is 0 Å². The molecule has 0 amide bonds. The van der Waals surface area contributed by atoms with E-state index in [2.05, 4.69) is 15.2 Å². The van der Waals surface area contributed by atoms with E-state index in [0.29, 0.717) is 4.77 Å². The SMILES string of the molecule is Cc1ncccc1-n1c(C)n[nH]c1=S. The number of aryl methyl sites for hydroxylation is 2. The first kappa shape index (κ1) is 9.08. The van der Waals surface area contributed by atoms with E-state index >= 15 is 0 Å². The van der Waals surface area contributed by atoms with Crippen molar-refractivity contribution in [3.63, 3.8) is 0 Å². The van der Waals surface area contributed by atoms with Crippen molar-refractivity contribution in [1.29, 1.82) is 0 Å². The average molecular weight is 206 g/mol. The number of nitrogens with one attached hydrogen (secondary N) is 1. The average Bonchev–Trinajstić information content (AvgIpc) is 2.48. The molecule has 0 aromatic carbocycles. The molecule has 2 aromatic heterocycles. The normalized spacial score (nSPS) is 10.4. The fourth-order valence-corrected chi connectivity index (χ4v) is 1.65. The highest BCUT2D eigenvalue weighted by molar-refractivity contribution is 7.71. The lowest BCUT2D eigenvalue weighted by Crippen LogP contribution is -2.00. The van der Waals surface area contributed by atoms with Gasteiger partial charge in [0, 0.05) is 6.20 Å². The Hall–Kier alpha value is -1.49. The number of aromatic nitrogens is 4. The highest BCUT2D eigenvalue weighted by atomic mass is 32.1. The van der Waals surface area contributed by atoms with Crippen molar-refractivity contribution in [2.24, 2.45) is 0 Å². The molecule has 0 saturated carbocycles. The lowest BCUT2D eigenvalue weighted by molar-refractivity contribution is 0.937. The van der Waals surface area contributed by atoms with Gasteiger partial charge in [-0.3, -0.25) is 14.6 Å². The van der Waals surface area contributed by atoms with Gasteiger partial charge >= 0.3 is 0 Å². The summed E-state index contributed by atoms with van der Waals surface area (Å²) in [5.41, 5.74) is 1.91. The fourth-order valence-electron chi connectivity index (χ4n) is 1.37. The predicted molar refractivity (Wildman–Crippen MR) is 56.0 cm³/mol. The highest BCUT2D eigenvalue weighted by Gasteiger charge is 2.06. The molecule has 2 rings (SSSR count). The molecule has 0 spiro atoms. The van der Waals surface area contributed by atoms with E-state index in [9.17, 15) is 0 Å². The second-order valence-electron chi connectivity index (χ2n) is 3.02. The van der Waals surface area contributed by atoms with Crippen molar-refractivity contribution in [3.05, 3.63) is 34.6 Å². The first-order valence-electron chi connectivity index (χ1n) is 4.26. The molecule has 1 N–H and O–H groups in total. The first-order valence-corrected chi connectivity index (χ1v) is 4.67. The molecule has 4 nitrogen and oxygen atoms in total. The molecular formula is C9H10N4S. The summed E-state index contributed by atoms with van der Waals surface area (Å²) in [5, 5.41) is 6.80. The van der Waals surface area contributed by atoms with Crippen LogP contribution in [0.4, 0.5) is 0 Å². The molecule has 0 unspecified atom stereocenters. The smallest absolute Gasteiger partial charge is 0.199 e. The third-order valence-corrected chi connectivity index (χ3v) is 2.33. The Morgan fingerprint density at radius 3 is 2.79 bits per heavy atom. The topological polar surface area (TPSA) is 46.5 Å². The maximum atomic E-state index is 5.13. The van der Waals surface area contributed by atoms with Gasteiger partial charge in [0.1, 0.15) is 5.82 Å². The van der Waals surface area contributed by atoms with E-state index in [4.69, 9.17) is 12.2 Å². The first-order chi connectivity index (χ1) is 6.70. The number of rotatable bonds is 1. The number of aromatic amines is 1. The van der Waals surface area contributed by atoms with E-state index in [0.717, 1.165) is 17.2 Å². The molecular weight excluding hydrogens is 196 g/mol. The molecule has 0 radical (unpaired) electrons. The largest absolute Gasteiger partial charge is 0.271 e. The zero-order valence-corrected chi connectivity index (χ0v) is 8.80. The molecule has 0 atom stereocenters. The second kappa shape index (κ2) is 3.34. The van der Waals surface area contributed by atoms with E-state index in [1.807, 2.05) is 30.5 Å². The summed E-state index contributed by atoms with van der Waals surface area (Å²) >= 11 is 5.13. The summed E-state index contributed by atoms with van der Waals surface area (Å²) in [6.07, 6.45) is 1.76. The van der Waals surface area contributed by atoms with Crippen molar-refractivity contribution in [1.82, 2.24) is 19.7 Å². The summed E-state index contributed by atoms with van der Waals surface area (Å²) in [5.74, 6) is 0.839. The van der Waals surface area contributed by atoms with Crippen molar-refractivity contribution in [2.75, 3.05) is 0 Å². The molecule has 14 heavy (non-hydrogen) atoms. The van der Waals surface area contributed by atoms with Gasteiger partial charge in [0.25, 0.3) is 0 Å². The minimum absolute atomic E-state index is 0.596. The molecule has 0 aliphatic rings.